The van der Waals surface area contributed by atoms with E-state index in [0.717, 1.165) is 24.3 Å². The fourth-order valence-electron chi connectivity index (χ4n) is 1.94. The number of hydrogen-bond acceptors (Lipinski definition) is 6. The lowest BCUT2D eigenvalue weighted by molar-refractivity contribution is -0.384. The zero-order valence-electron chi connectivity index (χ0n) is 13.0. The molecule has 2 aromatic rings. The minimum atomic E-state index is -4.02. The molecule has 0 saturated carbocycles. The number of benzene rings is 2. The molecule has 0 spiro atoms. The van der Waals surface area contributed by atoms with Gasteiger partial charge in [0.25, 0.3) is 15.7 Å². The fraction of sp³-hybridized carbons (Fsp3) is 0.0625. The number of nitrogens with zero attached hydrogens (tertiary/aromatic N) is 2. The van der Waals surface area contributed by atoms with Crippen LogP contribution in [0.2, 0.25) is 0 Å². The molecule has 2 aromatic carbocycles. The molecule has 25 heavy (non-hydrogen) atoms. The number of nitro groups is 1. The summed E-state index contributed by atoms with van der Waals surface area (Å²) in [6, 6.07) is 10.4. The van der Waals surface area contributed by atoms with Gasteiger partial charge in [0.1, 0.15) is 0 Å². The summed E-state index contributed by atoms with van der Waals surface area (Å²) in [7, 11) is -4.02. The van der Waals surface area contributed by atoms with Crippen molar-refractivity contribution in [2.24, 2.45) is 4.99 Å². The second kappa shape index (κ2) is 7.58. The van der Waals surface area contributed by atoms with Crippen LogP contribution >= 0.6 is 0 Å². The van der Waals surface area contributed by atoms with E-state index in [9.17, 15) is 23.6 Å². The molecule has 2 rings (SSSR count). The van der Waals surface area contributed by atoms with Crippen LogP contribution < -0.4 is 9.83 Å². The Labute approximate surface area is 144 Å². The van der Waals surface area contributed by atoms with E-state index in [2.05, 4.69) is 16.3 Å². The standard InChI is InChI=1S/C16H15N3O5S/c1-2-11-17-16(20)14-5-3-4-6-15(14)18-25(23,24)13-9-7-12(8-10-13)19(21)22/h2-10,18H,1,11H2,(H,17,20)/p-1. The number of nitrogens with one attached hydrogen (secondary N) is 1. The topological polar surface area (TPSA) is 125 Å². The number of anilines is 1. The van der Waals surface area contributed by atoms with E-state index >= 15 is 0 Å². The maximum atomic E-state index is 12.4. The molecular weight excluding hydrogens is 346 g/mol. The van der Waals surface area contributed by atoms with Gasteiger partial charge in [-0.05, 0) is 24.1 Å². The summed E-state index contributed by atoms with van der Waals surface area (Å²) in [5.41, 5.74) is -0.0637. The van der Waals surface area contributed by atoms with Crippen LogP contribution in [0.15, 0.2) is 71.1 Å². The first-order chi connectivity index (χ1) is 11.8. The Morgan fingerprint density at radius 3 is 2.44 bits per heavy atom. The second-order valence-electron chi connectivity index (χ2n) is 4.84. The Bertz CT molecular complexity index is 921. The van der Waals surface area contributed by atoms with Crippen LogP contribution in [-0.4, -0.2) is 25.8 Å². The molecule has 130 valence electrons. The maximum absolute atomic E-state index is 12.4. The second-order valence-corrected chi connectivity index (χ2v) is 6.52. The number of nitro benzene ring substituents is 1. The summed E-state index contributed by atoms with van der Waals surface area (Å²) in [5, 5.41) is 22.7. The van der Waals surface area contributed by atoms with Crippen molar-refractivity contribution in [1.82, 2.24) is 0 Å². The van der Waals surface area contributed by atoms with Gasteiger partial charge in [-0.25, -0.2) is 8.42 Å². The predicted octanol–water partition coefficient (Wildman–Crippen LogP) is 1.69. The first-order valence-electron chi connectivity index (χ1n) is 7.04. The molecule has 0 heterocycles. The molecular formula is C16H14N3O5S-. The quantitative estimate of drug-likeness (QED) is 0.264. The van der Waals surface area contributed by atoms with Gasteiger partial charge in [-0.15, -0.1) is 6.58 Å². The summed E-state index contributed by atoms with van der Waals surface area (Å²) in [4.78, 5) is 13.6. The summed E-state index contributed by atoms with van der Waals surface area (Å²) < 4.78 is 27.2. The Hall–Kier alpha value is -3.20. The van der Waals surface area contributed by atoms with Gasteiger partial charge in [0.05, 0.1) is 22.1 Å². The van der Waals surface area contributed by atoms with Gasteiger partial charge < -0.3 is 5.11 Å². The van der Waals surface area contributed by atoms with E-state index in [1.54, 1.807) is 12.1 Å². The summed E-state index contributed by atoms with van der Waals surface area (Å²) in [5.74, 6) is -0.582. The molecule has 0 unspecified atom stereocenters. The van der Waals surface area contributed by atoms with Crippen molar-refractivity contribution in [3.05, 3.63) is 76.9 Å². The van der Waals surface area contributed by atoms with E-state index in [4.69, 9.17) is 0 Å². The van der Waals surface area contributed by atoms with Crippen LogP contribution in [0.4, 0.5) is 11.4 Å². The zero-order chi connectivity index (χ0) is 18.4. The van der Waals surface area contributed by atoms with Gasteiger partial charge in [-0.2, -0.15) is 0 Å². The Morgan fingerprint density at radius 1 is 1.20 bits per heavy atom. The molecule has 0 aromatic heterocycles. The van der Waals surface area contributed by atoms with E-state index in [1.807, 2.05) is 0 Å². The average molecular weight is 360 g/mol. The van der Waals surface area contributed by atoms with Gasteiger partial charge in [-0.1, -0.05) is 24.3 Å². The first-order valence-corrected chi connectivity index (χ1v) is 8.52. The average Bonchev–Trinajstić information content (AvgIpc) is 2.60. The monoisotopic (exact) mass is 360 g/mol. The first kappa shape index (κ1) is 18.1. The third-order valence-electron chi connectivity index (χ3n) is 3.12. The summed E-state index contributed by atoms with van der Waals surface area (Å²) in [6.45, 7) is 3.58. The summed E-state index contributed by atoms with van der Waals surface area (Å²) >= 11 is 0. The highest BCUT2D eigenvalue weighted by molar-refractivity contribution is 7.92. The zero-order valence-corrected chi connectivity index (χ0v) is 13.8. The highest BCUT2D eigenvalue weighted by Gasteiger charge is 2.17. The molecule has 0 bridgehead atoms. The molecule has 1 N–H and O–H groups in total. The number of para-hydroxylation sites is 1. The van der Waals surface area contributed by atoms with Crippen molar-refractivity contribution in [3.63, 3.8) is 0 Å². The van der Waals surface area contributed by atoms with Crippen molar-refractivity contribution >= 4 is 27.3 Å². The number of aliphatic imine (C=N–C) groups is 1. The smallest absolute Gasteiger partial charge is 0.269 e. The molecule has 0 saturated heterocycles. The molecule has 8 nitrogen and oxygen atoms in total. The Balaban J connectivity index is 2.35. The number of rotatable bonds is 7. The van der Waals surface area contributed by atoms with E-state index in [-0.39, 0.29) is 28.4 Å². The van der Waals surface area contributed by atoms with Gasteiger partial charge in [0.15, 0.2) is 0 Å². The van der Waals surface area contributed by atoms with Crippen molar-refractivity contribution in [2.45, 2.75) is 4.90 Å². The molecule has 0 aliphatic heterocycles. The third-order valence-corrected chi connectivity index (χ3v) is 4.51. The van der Waals surface area contributed by atoms with E-state index < -0.39 is 20.8 Å². The highest BCUT2D eigenvalue weighted by atomic mass is 32.2. The molecule has 0 radical (unpaired) electrons. The highest BCUT2D eigenvalue weighted by Crippen LogP contribution is 2.21. The predicted molar refractivity (Wildman–Crippen MR) is 91.9 cm³/mol. The SMILES string of the molecule is C=CCN=C([O-])c1ccccc1NS(=O)(=O)c1ccc([N+](=O)[O-])cc1. The van der Waals surface area contributed by atoms with Crippen molar-refractivity contribution in [1.29, 1.82) is 0 Å². The minimum absolute atomic E-state index is 0.0682. The lowest BCUT2D eigenvalue weighted by atomic mass is 10.2. The van der Waals surface area contributed by atoms with Crippen LogP contribution in [0.25, 0.3) is 0 Å². The van der Waals surface area contributed by atoms with Gasteiger partial charge >= 0.3 is 0 Å². The van der Waals surface area contributed by atoms with Crippen LogP contribution in [0.3, 0.4) is 0 Å². The van der Waals surface area contributed by atoms with Gasteiger partial charge in [0.2, 0.25) is 0 Å². The fourth-order valence-corrected chi connectivity index (χ4v) is 3.02. The van der Waals surface area contributed by atoms with Gasteiger partial charge in [-0.3, -0.25) is 19.8 Å². The van der Waals surface area contributed by atoms with Crippen LogP contribution in [-0.2, 0) is 10.0 Å². The van der Waals surface area contributed by atoms with Crippen molar-refractivity contribution in [3.8, 4) is 0 Å². The normalized spacial score (nSPS) is 11.8. The Morgan fingerprint density at radius 2 is 1.84 bits per heavy atom. The minimum Gasteiger partial charge on any atom is -0.858 e. The van der Waals surface area contributed by atoms with Crippen molar-refractivity contribution < 1.29 is 18.4 Å². The molecule has 0 aliphatic rings. The van der Waals surface area contributed by atoms with Crippen LogP contribution in [0.5, 0.6) is 0 Å². The van der Waals surface area contributed by atoms with Gasteiger partial charge in [0, 0.05) is 17.7 Å². The third kappa shape index (κ3) is 4.42. The molecule has 0 aliphatic carbocycles. The number of non-ortho nitro benzene ring substituents is 1. The van der Waals surface area contributed by atoms with Crippen molar-refractivity contribution in [2.75, 3.05) is 11.3 Å². The summed E-state index contributed by atoms with van der Waals surface area (Å²) in [6.07, 6.45) is 1.45. The number of hydrogen-bond donors (Lipinski definition) is 1. The molecule has 0 amide bonds. The van der Waals surface area contributed by atoms with Crippen LogP contribution in [0, 0.1) is 10.1 Å². The van der Waals surface area contributed by atoms with E-state index in [0.29, 0.717) is 0 Å². The molecule has 9 heteroatoms. The number of sulfonamides is 1. The van der Waals surface area contributed by atoms with E-state index in [1.165, 1.54) is 18.2 Å². The maximum Gasteiger partial charge on any atom is 0.269 e. The lowest BCUT2D eigenvalue weighted by Crippen LogP contribution is -2.22. The van der Waals surface area contributed by atoms with Crippen LogP contribution in [0.1, 0.15) is 5.56 Å². The Kier molecular flexibility index (Phi) is 5.50. The lowest BCUT2D eigenvalue weighted by Gasteiger charge is -2.16. The molecule has 0 fully saturated rings. The molecule has 0 atom stereocenters. The largest absolute Gasteiger partial charge is 0.858 e.